The molecule has 31 heavy (non-hydrogen) atoms. The highest BCUT2D eigenvalue weighted by Gasteiger charge is 2.25. The molecule has 1 fully saturated rings. The van der Waals surface area contributed by atoms with Crippen molar-refractivity contribution < 1.29 is 4.42 Å². The molecule has 5 nitrogen and oxygen atoms in total. The van der Waals surface area contributed by atoms with Crippen LogP contribution < -0.4 is 10.6 Å². The molecule has 1 saturated heterocycles. The summed E-state index contributed by atoms with van der Waals surface area (Å²) < 4.78 is 6.14. The van der Waals surface area contributed by atoms with Crippen molar-refractivity contribution >= 4 is 28.4 Å². The quantitative estimate of drug-likeness (QED) is 0.446. The minimum absolute atomic E-state index is 0.248. The molecule has 1 aliphatic heterocycles. The van der Waals surface area contributed by atoms with Crippen molar-refractivity contribution in [2.24, 2.45) is 5.73 Å². The van der Waals surface area contributed by atoms with Crippen molar-refractivity contribution in [1.29, 1.82) is 0 Å². The molecule has 0 unspecified atom stereocenters. The molecule has 0 aliphatic carbocycles. The Morgan fingerprint density at radius 1 is 1.00 bits per heavy atom. The highest BCUT2D eigenvalue weighted by molar-refractivity contribution is 6.31. The Morgan fingerprint density at radius 2 is 1.71 bits per heavy atom. The van der Waals surface area contributed by atoms with Crippen LogP contribution in [0, 0.1) is 13.8 Å². The van der Waals surface area contributed by atoms with Crippen LogP contribution in [0.4, 0.5) is 5.69 Å². The molecular weight excluding hydrogens is 408 g/mol. The van der Waals surface area contributed by atoms with Crippen molar-refractivity contribution in [3.8, 4) is 22.6 Å². The zero-order valence-corrected chi connectivity index (χ0v) is 18.5. The van der Waals surface area contributed by atoms with E-state index in [9.17, 15) is 0 Å². The van der Waals surface area contributed by atoms with Crippen LogP contribution in [0.1, 0.15) is 24.0 Å². The predicted octanol–water partition coefficient (Wildman–Crippen LogP) is 5.75. The van der Waals surface area contributed by atoms with Gasteiger partial charge in [0, 0.05) is 48.2 Å². The minimum atomic E-state index is 0.248. The highest BCUT2D eigenvalue weighted by atomic mass is 35.5. The first-order chi connectivity index (χ1) is 15.0. The van der Waals surface area contributed by atoms with Crippen LogP contribution in [0.3, 0.4) is 0 Å². The molecule has 3 heterocycles. The molecule has 2 N–H and O–H groups in total. The largest absolute Gasteiger partial charge is 0.436 e. The van der Waals surface area contributed by atoms with E-state index in [-0.39, 0.29) is 6.04 Å². The van der Waals surface area contributed by atoms with E-state index in [0.717, 1.165) is 53.8 Å². The van der Waals surface area contributed by atoms with Gasteiger partial charge in [-0.2, -0.15) is 0 Å². The molecule has 0 saturated carbocycles. The number of anilines is 1. The third-order valence-corrected chi connectivity index (χ3v) is 6.12. The number of hydrogen-bond donors (Lipinski definition) is 1. The smallest absolute Gasteiger partial charge is 0.231 e. The monoisotopic (exact) mass is 432 g/mol. The number of hydrogen-bond acceptors (Lipinski definition) is 5. The van der Waals surface area contributed by atoms with Crippen LogP contribution in [0.25, 0.3) is 33.7 Å². The fourth-order valence-electron chi connectivity index (χ4n) is 4.43. The van der Waals surface area contributed by atoms with E-state index in [1.807, 2.05) is 24.5 Å². The molecule has 0 atom stereocenters. The number of nitrogens with two attached hydrogens (primary N) is 1. The zero-order chi connectivity index (χ0) is 21.5. The first-order valence-electron chi connectivity index (χ1n) is 10.6. The van der Waals surface area contributed by atoms with E-state index in [4.69, 9.17) is 26.7 Å². The van der Waals surface area contributed by atoms with E-state index in [0.29, 0.717) is 16.5 Å². The fourth-order valence-corrected chi connectivity index (χ4v) is 4.59. The molecule has 2 aromatic heterocycles. The second-order valence-corrected chi connectivity index (χ2v) is 8.85. The van der Waals surface area contributed by atoms with E-state index in [1.165, 1.54) is 11.1 Å². The van der Waals surface area contributed by atoms with Crippen molar-refractivity contribution in [1.82, 2.24) is 9.97 Å². The van der Waals surface area contributed by atoms with Gasteiger partial charge in [0.25, 0.3) is 0 Å². The van der Waals surface area contributed by atoms with Crippen molar-refractivity contribution in [3.05, 3.63) is 64.9 Å². The second-order valence-electron chi connectivity index (χ2n) is 8.42. The molecule has 158 valence electrons. The Morgan fingerprint density at radius 3 is 2.45 bits per heavy atom. The second kappa shape index (κ2) is 7.98. The minimum Gasteiger partial charge on any atom is -0.436 e. The SMILES string of the molecule is Cc1cc(C)cc(-c2cncc(-c3nc4ccc(Cl)cc4o3)c2N2CCC(N)CC2)c1. The number of benzene rings is 2. The lowest BCUT2D eigenvalue weighted by atomic mass is 9.96. The maximum Gasteiger partial charge on any atom is 0.231 e. The zero-order valence-electron chi connectivity index (χ0n) is 17.7. The number of piperidine rings is 1. The van der Waals surface area contributed by atoms with Gasteiger partial charge in [-0.05, 0) is 44.4 Å². The number of pyridine rings is 1. The fraction of sp³-hybridized carbons (Fsp3) is 0.280. The van der Waals surface area contributed by atoms with Crippen molar-refractivity contribution in [2.45, 2.75) is 32.7 Å². The summed E-state index contributed by atoms with van der Waals surface area (Å²) in [5.41, 5.74) is 14.3. The molecule has 0 spiro atoms. The Labute approximate surface area is 186 Å². The van der Waals surface area contributed by atoms with Gasteiger partial charge < -0.3 is 15.1 Å². The molecule has 4 aromatic rings. The van der Waals surface area contributed by atoms with Crippen LogP contribution in [-0.2, 0) is 0 Å². The number of rotatable bonds is 3. The van der Waals surface area contributed by atoms with Crippen LogP contribution in [0.5, 0.6) is 0 Å². The van der Waals surface area contributed by atoms with Gasteiger partial charge in [0.15, 0.2) is 5.58 Å². The number of aromatic nitrogens is 2. The van der Waals surface area contributed by atoms with Crippen LogP contribution in [0.15, 0.2) is 53.2 Å². The first kappa shape index (κ1) is 20.0. The Kier molecular flexibility index (Phi) is 5.16. The van der Waals surface area contributed by atoms with Gasteiger partial charge >= 0.3 is 0 Å². The summed E-state index contributed by atoms with van der Waals surface area (Å²) in [7, 11) is 0. The van der Waals surface area contributed by atoms with Crippen molar-refractivity contribution in [2.75, 3.05) is 18.0 Å². The third kappa shape index (κ3) is 3.91. The number of fused-ring (bicyclic) bond motifs is 1. The van der Waals surface area contributed by atoms with Gasteiger partial charge in [-0.25, -0.2) is 4.98 Å². The molecule has 6 heteroatoms. The lowest BCUT2D eigenvalue weighted by molar-refractivity contribution is 0.501. The predicted molar refractivity (Wildman–Crippen MR) is 127 cm³/mol. The van der Waals surface area contributed by atoms with E-state index in [2.05, 4.69) is 41.9 Å². The molecule has 0 radical (unpaired) electrons. The summed E-state index contributed by atoms with van der Waals surface area (Å²) in [4.78, 5) is 11.7. The van der Waals surface area contributed by atoms with Gasteiger partial charge in [0.2, 0.25) is 5.89 Å². The number of aryl methyl sites for hydroxylation is 2. The number of halogens is 1. The summed E-state index contributed by atoms with van der Waals surface area (Å²) >= 11 is 6.16. The average molecular weight is 433 g/mol. The number of nitrogens with zero attached hydrogens (tertiary/aromatic N) is 3. The Balaban J connectivity index is 1.71. The van der Waals surface area contributed by atoms with Gasteiger partial charge in [-0.1, -0.05) is 40.9 Å². The lowest BCUT2D eigenvalue weighted by Crippen LogP contribution is -2.40. The number of oxazole rings is 1. The van der Waals surface area contributed by atoms with Gasteiger partial charge in [-0.3, -0.25) is 4.98 Å². The standard InChI is InChI=1S/C25H25ClN4O/c1-15-9-16(2)11-17(10-15)20-13-28-14-21(24(20)30-7-5-19(27)6-8-30)25-29-22-4-3-18(26)12-23(22)31-25/h3-4,9-14,19H,5-8,27H2,1-2H3. The molecule has 0 amide bonds. The Hall–Kier alpha value is -2.89. The van der Waals surface area contributed by atoms with Crippen LogP contribution >= 0.6 is 11.6 Å². The summed E-state index contributed by atoms with van der Waals surface area (Å²) in [6.45, 7) is 6.03. The van der Waals surface area contributed by atoms with E-state index >= 15 is 0 Å². The van der Waals surface area contributed by atoms with Gasteiger partial charge in [0.05, 0.1) is 11.3 Å². The summed E-state index contributed by atoms with van der Waals surface area (Å²) in [6, 6.07) is 12.4. The maximum atomic E-state index is 6.20. The molecular formula is C25H25ClN4O. The Bertz CT molecular complexity index is 1240. The molecule has 2 aromatic carbocycles. The van der Waals surface area contributed by atoms with Crippen molar-refractivity contribution in [3.63, 3.8) is 0 Å². The third-order valence-electron chi connectivity index (χ3n) is 5.89. The normalized spacial score (nSPS) is 15.0. The first-order valence-corrected chi connectivity index (χ1v) is 11.0. The van der Waals surface area contributed by atoms with Crippen LogP contribution in [0.2, 0.25) is 5.02 Å². The van der Waals surface area contributed by atoms with E-state index in [1.54, 1.807) is 6.07 Å². The molecule has 0 bridgehead atoms. The molecule has 1 aliphatic rings. The summed E-state index contributed by atoms with van der Waals surface area (Å²) in [5.74, 6) is 0.556. The molecule has 5 rings (SSSR count). The van der Waals surface area contributed by atoms with Gasteiger partial charge in [-0.15, -0.1) is 0 Å². The maximum absolute atomic E-state index is 6.20. The topological polar surface area (TPSA) is 68.2 Å². The lowest BCUT2D eigenvalue weighted by Gasteiger charge is -2.34. The van der Waals surface area contributed by atoms with Gasteiger partial charge in [0.1, 0.15) is 5.52 Å². The average Bonchev–Trinajstić information content (AvgIpc) is 3.16. The highest BCUT2D eigenvalue weighted by Crippen LogP contribution is 2.41. The van der Waals surface area contributed by atoms with Crippen LogP contribution in [-0.4, -0.2) is 29.1 Å². The summed E-state index contributed by atoms with van der Waals surface area (Å²) in [6.07, 6.45) is 5.71. The van der Waals surface area contributed by atoms with E-state index < -0.39 is 0 Å². The summed E-state index contributed by atoms with van der Waals surface area (Å²) in [5, 5.41) is 0.627.